The predicted molar refractivity (Wildman–Crippen MR) is 127 cm³/mol. The maximum atomic E-state index is 11.6. The van der Waals surface area contributed by atoms with Crippen molar-refractivity contribution in [2.75, 3.05) is 6.61 Å². The van der Waals surface area contributed by atoms with Gasteiger partial charge in [-0.25, -0.2) is 0 Å². The summed E-state index contributed by atoms with van der Waals surface area (Å²) in [6.45, 7) is 12.3. The van der Waals surface area contributed by atoms with Crippen molar-refractivity contribution in [3.8, 4) is 17.2 Å². The molecule has 2 aromatic carbocycles. The molecule has 0 bridgehead atoms. The topological polar surface area (TPSA) is 68.2 Å². The van der Waals surface area contributed by atoms with Crippen molar-refractivity contribution in [1.29, 1.82) is 0 Å². The molecule has 3 aliphatic heterocycles. The van der Waals surface area contributed by atoms with Crippen molar-refractivity contribution >= 4 is 14.4 Å². The molecule has 0 radical (unpaired) electrons. The highest BCUT2D eigenvalue weighted by Crippen LogP contribution is 2.56. The van der Waals surface area contributed by atoms with E-state index >= 15 is 0 Å². The summed E-state index contributed by atoms with van der Waals surface area (Å²) in [5.74, 6) is 2.17. The number of rotatable bonds is 3. The van der Waals surface area contributed by atoms with E-state index in [9.17, 15) is 9.90 Å². The first-order valence-electron chi connectivity index (χ1n) is 11.2. The molecule has 2 N–H and O–H groups in total. The molecule has 3 aliphatic rings. The van der Waals surface area contributed by atoms with Gasteiger partial charge in [0.05, 0.1) is 5.56 Å². The third-order valence-corrected chi connectivity index (χ3v) is 10.9. The van der Waals surface area contributed by atoms with Crippen molar-refractivity contribution in [2.24, 2.45) is 0 Å². The van der Waals surface area contributed by atoms with Gasteiger partial charge in [0.25, 0.3) is 0 Å². The zero-order valence-electron chi connectivity index (χ0n) is 19.7. The molecule has 0 fully saturated rings. The second kappa shape index (κ2) is 6.62. The molecule has 5 nitrogen and oxygen atoms in total. The van der Waals surface area contributed by atoms with Crippen LogP contribution in [-0.4, -0.2) is 30.4 Å². The average molecular weight is 453 g/mol. The normalized spacial score (nSPS) is 24.9. The van der Waals surface area contributed by atoms with Gasteiger partial charge >= 0.3 is 0 Å². The van der Waals surface area contributed by atoms with Crippen LogP contribution in [0.25, 0.3) is 6.08 Å². The summed E-state index contributed by atoms with van der Waals surface area (Å²) in [7, 11) is -2.34. The Hall–Kier alpha value is -2.28. The predicted octanol–water partition coefficient (Wildman–Crippen LogP) is 5.10. The second-order valence-electron chi connectivity index (χ2n) is 11.1. The summed E-state index contributed by atoms with van der Waals surface area (Å²) in [5, 5.41) is 11.4. The van der Waals surface area contributed by atoms with Gasteiger partial charge in [0.1, 0.15) is 29.5 Å². The van der Waals surface area contributed by atoms with Crippen LogP contribution in [0.5, 0.6) is 17.2 Å². The van der Waals surface area contributed by atoms with Crippen molar-refractivity contribution in [1.82, 2.24) is 0 Å². The first-order chi connectivity index (χ1) is 14.8. The van der Waals surface area contributed by atoms with Crippen molar-refractivity contribution < 1.29 is 24.1 Å². The van der Waals surface area contributed by atoms with E-state index in [1.165, 1.54) is 0 Å². The Bertz CT molecular complexity index is 1130. The first kappa shape index (κ1) is 21.6. The molecule has 0 amide bonds. The monoisotopic (exact) mass is 452 g/mol. The van der Waals surface area contributed by atoms with Crippen LogP contribution in [0.2, 0.25) is 18.1 Å². The fourth-order valence-corrected chi connectivity index (χ4v) is 5.33. The van der Waals surface area contributed by atoms with E-state index in [1.807, 2.05) is 69.4 Å². The molecule has 0 spiro atoms. The molecule has 0 aliphatic carbocycles. The summed E-state index contributed by atoms with van der Waals surface area (Å²) in [6.07, 6.45) is 4.26. The van der Waals surface area contributed by atoms with E-state index in [0.717, 1.165) is 34.4 Å². The van der Waals surface area contributed by atoms with E-state index in [2.05, 4.69) is 13.8 Å². The maximum absolute atomic E-state index is 11.6. The van der Waals surface area contributed by atoms with Crippen LogP contribution < -0.4 is 14.2 Å². The highest BCUT2D eigenvalue weighted by atomic mass is 28.4. The minimum absolute atomic E-state index is 0.118. The van der Waals surface area contributed by atoms with Crippen molar-refractivity contribution in [3.05, 3.63) is 58.7 Å². The number of hydrogen-bond donors (Lipinski definition) is 2. The summed E-state index contributed by atoms with van der Waals surface area (Å²) >= 11 is 0. The molecule has 0 unspecified atom stereocenters. The molecular weight excluding hydrogens is 420 g/mol. The van der Waals surface area contributed by atoms with E-state index in [-0.39, 0.29) is 17.2 Å². The number of hydrogen-bond acceptors (Lipinski definition) is 5. The SMILES string of the molecule is CC1(C)C=Cc2c(ccc3c2OC[C@@]2(O)c4ccc(CC(C)(C)[Si](C)(C)O)cc4O[C@@H]32)O1. The Morgan fingerprint density at radius 3 is 2.59 bits per heavy atom. The van der Waals surface area contributed by atoms with E-state index in [0.29, 0.717) is 11.5 Å². The van der Waals surface area contributed by atoms with E-state index < -0.39 is 20.0 Å². The van der Waals surface area contributed by atoms with E-state index in [4.69, 9.17) is 14.2 Å². The Labute approximate surface area is 190 Å². The highest BCUT2D eigenvalue weighted by Gasteiger charge is 2.53. The molecule has 5 rings (SSSR count). The van der Waals surface area contributed by atoms with Crippen LogP contribution in [-0.2, 0) is 12.0 Å². The summed E-state index contributed by atoms with van der Waals surface area (Å²) in [4.78, 5) is 10.7. The van der Waals surface area contributed by atoms with Crippen molar-refractivity contribution in [2.45, 2.75) is 69.6 Å². The third-order valence-electron chi connectivity index (χ3n) is 7.42. The van der Waals surface area contributed by atoms with Gasteiger partial charge in [-0.3, -0.25) is 0 Å². The first-order valence-corrected chi connectivity index (χ1v) is 14.2. The lowest BCUT2D eigenvalue weighted by Gasteiger charge is -2.37. The lowest BCUT2D eigenvalue weighted by Crippen LogP contribution is -2.41. The summed E-state index contributed by atoms with van der Waals surface area (Å²) < 4.78 is 18.6. The fourth-order valence-electron chi connectivity index (χ4n) is 4.69. The van der Waals surface area contributed by atoms with E-state index in [1.54, 1.807) is 0 Å². The van der Waals surface area contributed by atoms with Crippen LogP contribution in [0.1, 0.15) is 56.1 Å². The minimum atomic E-state index is -2.34. The number of ether oxygens (including phenoxy) is 3. The number of aliphatic hydroxyl groups is 1. The van der Waals surface area contributed by atoms with Gasteiger partial charge in [-0.05, 0) is 74.3 Å². The molecule has 170 valence electrons. The van der Waals surface area contributed by atoms with Crippen LogP contribution in [0.15, 0.2) is 36.4 Å². The minimum Gasteiger partial charge on any atom is -0.489 e. The molecular formula is C26H32O5Si. The standard InChI is InChI=1S/C26H32O5Si/c1-24(2)12-11-17-20(31-24)10-8-18-22(17)29-15-26(27)19-9-7-16(13-21(19)30-23(18)26)14-25(3,4)32(5,6)28/h7-13,23,27-28H,14-15H2,1-6H3/t23-,26+/m0/s1. The lowest BCUT2D eigenvalue weighted by molar-refractivity contribution is -0.0865. The molecule has 32 heavy (non-hydrogen) atoms. The molecule has 0 saturated carbocycles. The average Bonchev–Trinajstić information content (AvgIpc) is 2.97. The van der Waals surface area contributed by atoms with Crippen molar-refractivity contribution in [3.63, 3.8) is 0 Å². The van der Waals surface area contributed by atoms with Crippen LogP contribution in [0.4, 0.5) is 0 Å². The maximum Gasteiger partial charge on any atom is 0.188 e. The fraction of sp³-hybridized carbons (Fsp3) is 0.462. The quantitative estimate of drug-likeness (QED) is 0.634. The lowest BCUT2D eigenvalue weighted by atomic mass is 9.83. The third kappa shape index (κ3) is 3.19. The van der Waals surface area contributed by atoms with Gasteiger partial charge in [-0.15, -0.1) is 0 Å². The zero-order chi connectivity index (χ0) is 23.1. The van der Waals surface area contributed by atoms with Crippen LogP contribution in [0, 0.1) is 0 Å². The molecule has 2 atom stereocenters. The Balaban J connectivity index is 1.50. The van der Waals surface area contributed by atoms with Crippen LogP contribution >= 0.6 is 0 Å². The van der Waals surface area contributed by atoms with Gasteiger partial charge in [0, 0.05) is 11.1 Å². The summed E-state index contributed by atoms with van der Waals surface area (Å²) in [5.41, 5.74) is 1.95. The highest BCUT2D eigenvalue weighted by molar-refractivity contribution is 6.72. The van der Waals surface area contributed by atoms with Gasteiger partial charge in [-0.2, -0.15) is 0 Å². The van der Waals surface area contributed by atoms with Gasteiger partial charge in [0.2, 0.25) is 0 Å². The smallest absolute Gasteiger partial charge is 0.188 e. The second-order valence-corrected chi connectivity index (χ2v) is 15.6. The zero-order valence-corrected chi connectivity index (χ0v) is 20.7. The Morgan fingerprint density at radius 1 is 1.12 bits per heavy atom. The van der Waals surface area contributed by atoms with Gasteiger partial charge in [0.15, 0.2) is 20.0 Å². The van der Waals surface area contributed by atoms with Gasteiger partial charge in [-0.1, -0.05) is 26.0 Å². The number of benzene rings is 2. The largest absolute Gasteiger partial charge is 0.489 e. The molecule has 2 aromatic rings. The Kier molecular flexibility index (Phi) is 4.46. The molecule has 0 aromatic heterocycles. The number of fused-ring (bicyclic) bond motifs is 7. The van der Waals surface area contributed by atoms with Gasteiger partial charge < -0.3 is 24.1 Å². The molecule has 3 heterocycles. The Morgan fingerprint density at radius 2 is 1.88 bits per heavy atom. The summed E-state index contributed by atoms with van der Waals surface area (Å²) in [6, 6.07) is 9.87. The molecule has 6 heteroatoms. The molecule has 0 saturated heterocycles. The van der Waals surface area contributed by atoms with Crippen LogP contribution in [0.3, 0.4) is 0 Å².